The van der Waals surface area contributed by atoms with Crippen LogP contribution in [0, 0.1) is 31.6 Å². The highest BCUT2D eigenvalue weighted by molar-refractivity contribution is 6.21. The Kier molecular flexibility index (Phi) is 3.72. The average molecular weight is 484 g/mol. The Balaban J connectivity index is 1.40. The molecule has 0 spiro atoms. The molecule has 5 heteroatoms. The number of aryl methyl sites for hydroxylation is 2. The molecule has 5 nitrogen and oxygen atoms in total. The maximum absolute atomic E-state index is 5.38. The Labute approximate surface area is 214 Å². The molecule has 10 rings (SSSR count). The molecule has 182 valence electrons. The summed E-state index contributed by atoms with van der Waals surface area (Å²) in [6, 6.07) is 12.8. The zero-order valence-corrected chi connectivity index (χ0v) is 21.2. The summed E-state index contributed by atoms with van der Waals surface area (Å²) in [5, 5.41) is 3.46. The third-order valence-electron chi connectivity index (χ3n) is 10.1. The van der Waals surface area contributed by atoms with Crippen molar-refractivity contribution in [3.63, 3.8) is 0 Å². The molecule has 2 unspecified atom stereocenters. The van der Waals surface area contributed by atoms with E-state index in [2.05, 4.69) is 48.1 Å². The number of hydrogen-bond acceptors (Lipinski definition) is 3. The van der Waals surface area contributed by atoms with Gasteiger partial charge in [-0.15, -0.1) is 0 Å². The molecule has 0 radical (unpaired) electrons. The lowest BCUT2D eigenvalue weighted by atomic mass is 9.66. The van der Waals surface area contributed by atoms with Crippen LogP contribution in [0.4, 0.5) is 0 Å². The van der Waals surface area contributed by atoms with Crippen molar-refractivity contribution < 1.29 is 0 Å². The maximum Gasteiger partial charge on any atom is 0.141 e. The first-order valence-electron chi connectivity index (χ1n) is 13.7. The number of aromatic amines is 2. The van der Waals surface area contributed by atoms with E-state index < -0.39 is 0 Å². The third-order valence-corrected chi connectivity index (χ3v) is 10.1. The van der Waals surface area contributed by atoms with Crippen molar-refractivity contribution in [2.45, 2.75) is 51.4 Å². The summed E-state index contributed by atoms with van der Waals surface area (Å²) in [5.41, 5.74) is 10.7. The first-order valence-corrected chi connectivity index (χ1v) is 13.7. The molecule has 2 aromatic carbocycles. The zero-order valence-electron chi connectivity index (χ0n) is 21.2. The van der Waals surface area contributed by atoms with Gasteiger partial charge in [-0.3, -0.25) is 9.97 Å². The molecule has 4 heterocycles. The minimum Gasteiger partial charge on any atom is -0.357 e. The number of imidazole rings is 1. The predicted molar refractivity (Wildman–Crippen MR) is 149 cm³/mol. The fourth-order valence-corrected chi connectivity index (χ4v) is 8.82. The SMILES string of the molecule is Cc1ccc(C)c2c(-c3nc4c5cccnc5c5ncccc5c4[nH]3)c(C34CC5CC(C3)C(C5)C4)[nH]c12. The number of fused-ring (bicyclic) bond motifs is 7. The Morgan fingerprint density at radius 2 is 1.46 bits per heavy atom. The summed E-state index contributed by atoms with van der Waals surface area (Å²) in [5.74, 6) is 3.67. The normalized spacial score (nSPS) is 26.5. The van der Waals surface area contributed by atoms with Crippen LogP contribution in [-0.4, -0.2) is 24.9 Å². The molecule has 0 saturated heterocycles. The van der Waals surface area contributed by atoms with Crippen LogP contribution in [0.3, 0.4) is 0 Å². The molecule has 6 aromatic rings. The second-order valence-corrected chi connectivity index (χ2v) is 12.2. The fourth-order valence-electron chi connectivity index (χ4n) is 8.82. The van der Waals surface area contributed by atoms with Gasteiger partial charge in [-0.05, 0) is 99.1 Å². The second kappa shape index (κ2) is 6.77. The lowest BCUT2D eigenvalue weighted by molar-refractivity contribution is 0.226. The molecular formula is C32H29N5. The van der Waals surface area contributed by atoms with Gasteiger partial charge in [0.25, 0.3) is 0 Å². The molecule has 4 saturated carbocycles. The van der Waals surface area contributed by atoms with Crippen LogP contribution in [0.1, 0.15) is 48.9 Å². The first kappa shape index (κ1) is 20.3. The van der Waals surface area contributed by atoms with Crippen molar-refractivity contribution >= 4 is 43.7 Å². The van der Waals surface area contributed by atoms with Crippen molar-refractivity contribution in [3.8, 4) is 11.4 Å². The zero-order chi connectivity index (χ0) is 24.5. The van der Waals surface area contributed by atoms with Crippen LogP contribution < -0.4 is 0 Å². The summed E-state index contributed by atoms with van der Waals surface area (Å²) in [4.78, 5) is 22.7. The number of aromatic nitrogens is 5. The monoisotopic (exact) mass is 483 g/mol. The molecule has 4 aromatic heterocycles. The molecule has 4 aliphatic rings. The van der Waals surface area contributed by atoms with Gasteiger partial charge in [0.1, 0.15) is 5.82 Å². The van der Waals surface area contributed by atoms with E-state index in [9.17, 15) is 0 Å². The molecular weight excluding hydrogens is 454 g/mol. The molecule has 0 aliphatic heterocycles. The fraction of sp³-hybridized carbons (Fsp3) is 0.344. The van der Waals surface area contributed by atoms with Crippen LogP contribution in [0.5, 0.6) is 0 Å². The summed E-state index contributed by atoms with van der Waals surface area (Å²) >= 11 is 0. The van der Waals surface area contributed by atoms with Crippen molar-refractivity contribution in [2.75, 3.05) is 0 Å². The Hall–Kier alpha value is -3.73. The minimum atomic E-state index is 0.246. The van der Waals surface area contributed by atoms with Crippen LogP contribution in [0.15, 0.2) is 48.8 Å². The highest BCUT2D eigenvalue weighted by atomic mass is 14.9. The lowest BCUT2D eigenvalue weighted by Gasteiger charge is -2.38. The number of nitrogens with one attached hydrogen (secondary N) is 2. The van der Waals surface area contributed by atoms with E-state index in [1.54, 1.807) is 0 Å². The van der Waals surface area contributed by atoms with Gasteiger partial charge < -0.3 is 9.97 Å². The summed E-state index contributed by atoms with van der Waals surface area (Å²) in [6.45, 7) is 4.48. The van der Waals surface area contributed by atoms with Gasteiger partial charge in [0.05, 0.1) is 22.1 Å². The number of rotatable bonds is 2. The summed E-state index contributed by atoms with van der Waals surface area (Å²) in [7, 11) is 0. The Morgan fingerprint density at radius 3 is 2.22 bits per heavy atom. The number of H-pyrrole nitrogens is 2. The quantitative estimate of drug-likeness (QED) is 0.251. The molecule has 4 aliphatic carbocycles. The molecule has 2 N–H and O–H groups in total. The van der Waals surface area contributed by atoms with Crippen molar-refractivity contribution in [1.29, 1.82) is 0 Å². The lowest BCUT2D eigenvalue weighted by Crippen LogP contribution is -2.32. The van der Waals surface area contributed by atoms with E-state index in [1.807, 2.05) is 24.5 Å². The molecule has 4 fully saturated rings. The van der Waals surface area contributed by atoms with Gasteiger partial charge >= 0.3 is 0 Å². The predicted octanol–water partition coefficient (Wildman–Crippen LogP) is 7.50. The van der Waals surface area contributed by atoms with E-state index in [0.717, 1.165) is 56.4 Å². The number of benzene rings is 2. The van der Waals surface area contributed by atoms with Crippen molar-refractivity contribution in [3.05, 3.63) is 65.6 Å². The van der Waals surface area contributed by atoms with Gasteiger partial charge in [-0.2, -0.15) is 0 Å². The molecule has 37 heavy (non-hydrogen) atoms. The highest BCUT2D eigenvalue weighted by Crippen LogP contribution is 2.66. The number of pyridine rings is 2. The van der Waals surface area contributed by atoms with Gasteiger partial charge in [0.15, 0.2) is 0 Å². The van der Waals surface area contributed by atoms with Gasteiger partial charge in [0.2, 0.25) is 0 Å². The average Bonchev–Trinajstić information content (AvgIpc) is 3.65. The van der Waals surface area contributed by atoms with E-state index in [-0.39, 0.29) is 5.41 Å². The van der Waals surface area contributed by atoms with Gasteiger partial charge in [-0.25, -0.2) is 4.98 Å². The summed E-state index contributed by atoms with van der Waals surface area (Å²) < 4.78 is 0. The smallest absolute Gasteiger partial charge is 0.141 e. The number of nitrogens with zero attached hydrogens (tertiary/aromatic N) is 3. The first-order chi connectivity index (χ1) is 18.1. The highest BCUT2D eigenvalue weighted by Gasteiger charge is 2.57. The maximum atomic E-state index is 5.38. The van der Waals surface area contributed by atoms with Crippen molar-refractivity contribution in [2.24, 2.45) is 17.8 Å². The van der Waals surface area contributed by atoms with Crippen LogP contribution in [-0.2, 0) is 5.41 Å². The molecule has 0 amide bonds. The van der Waals surface area contributed by atoms with Crippen molar-refractivity contribution in [1.82, 2.24) is 24.9 Å². The van der Waals surface area contributed by atoms with Crippen LogP contribution in [0.2, 0.25) is 0 Å². The Morgan fingerprint density at radius 1 is 0.757 bits per heavy atom. The van der Waals surface area contributed by atoms with E-state index in [1.165, 1.54) is 65.4 Å². The topological polar surface area (TPSA) is 70.2 Å². The van der Waals surface area contributed by atoms with Crippen LogP contribution in [0.25, 0.3) is 55.1 Å². The largest absolute Gasteiger partial charge is 0.357 e. The third kappa shape index (κ3) is 2.52. The molecule has 2 atom stereocenters. The minimum absolute atomic E-state index is 0.246. The van der Waals surface area contributed by atoms with E-state index >= 15 is 0 Å². The standard InChI is InChI=1S/C32H29N5/c1-16-7-8-17(2)25-23(16)24(30(35-25)32-13-18-11-19(14-32)20(12-18)15-32)31-36-28-21-5-3-9-33-26(21)27-22(29(28)37-31)6-4-10-34-27/h3-10,18-20,35H,11-15H2,1-2H3,(H,36,37). The van der Waals surface area contributed by atoms with Gasteiger partial charge in [0, 0.05) is 50.7 Å². The van der Waals surface area contributed by atoms with Crippen LogP contribution >= 0.6 is 0 Å². The molecule has 4 bridgehead atoms. The van der Waals surface area contributed by atoms with E-state index in [0.29, 0.717) is 0 Å². The van der Waals surface area contributed by atoms with E-state index in [4.69, 9.17) is 15.0 Å². The number of hydrogen-bond donors (Lipinski definition) is 2. The second-order valence-electron chi connectivity index (χ2n) is 12.2. The Bertz CT molecular complexity index is 1830. The van der Waals surface area contributed by atoms with Gasteiger partial charge in [-0.1, -0.05) is 12.1 Å². The summed E-state index contributed by atoms with van der Waals surface area (Å²) in [6.07, 6.45) is 10.6.